The number of quaternary nitrogens is 1. The molecule has 0 aromatic carbocycles. The van der Waals surface area contributed by atoms with Crippen LogP contribution < -0.4 is 0 Å². The summed E-state index contributed by atoms with van der Waals surface area (Å²) in [5, 5.41) is 9.69. The Morgan fingerprint density at radius 2 is 0.783 bits per heavy atom. The lowest BCUT2D eigenvalue weighted by atomic mass is 10.1. The molecule has 0 saturated heterocycles. The van der Waals surface area contributed by atoms with E-state index in [1.807, 2.05) is 21.1 Å². The van der Waals surface area contributed by atoms with Gasteiger partial charge < -0.3 is 28.5 Å². The summed E-state index contributed by atoms with van der Waals surface area (Å²) in [4.78, 5) is 37.4. The number of carbonyl (C=O) groups is 3. The summed E-state index contributed by atoms with van der Waals surface area (Å²) in [5.41, 5.74) is 0. The molecule has 1 N–H and O–H groups in total. The summed E-state index contributed by atoms with van der Waals surface area (Å²) < 4.78 is 22.8. The van der Waals surface area contributed by atoms with Crippen molar-refractivity contribution in [3.05, 3.63) is 109 Å². The average molecular weight is 963 g/mol. The number of carbonyl (C=O) groups excluding carboxylic acids is 2. The third-order valence-electron chi connectivity index (χ3n) is 11.0. The fraction of sp³-hybridized carbons (Fsp3) is 0.650. The van der Waals surface area contributed by atoms with E-state index in [0.29, 0.717) is 17.4 Å². The quantitative estimate of drug-likeness (QED) is 0.0211. The number of esters is 2. The van der Waals surface area contributed by atoms with Crippen LogP contribution in [0.2, 0.25) is 0 Å². The van der Waals surface area contributed by atoms with E-state index < -0.39 is 24.3 Å². The second kappa shape index (κ2) is 50.3. The van der Waals surface area contributed by atoms with Crippen LogP contribution in [0.4, 0.5) is 0 Å². The van der Waals surface area contributed by atoms with Gasteiger partial charge in [0, 0.05) is 12.8 Å². The zero-order chi connectivity index (χ0) is 50.6. The van der Waals surface area contributed by atoms with Crippen molar-refractivity contribution in [2.75, 3.05) is 47.5 Å². The minimum Gasteiger partial charge on any atom is -0.477 e. The van der Waals surface area contributed by atoms with Crippen LogP contribution in [0, 0.1) is 0 Å². The number of hydrogen-bond donors (Lipinski definition) is 1. The number of rotatable bonds is 48. The van der Waals surface area contributed by atoms with E-state index in [9.17, 15) is 19.5 Å². The van der Waals surface area contributed by atoms with Crippen LogP contribution in [-0.4, -0.2) is 87.4 Å². The molecule has 0 amide bonds. The molecule has 392 valence electrons. The highest BCUT2D eigenvalue weighted by Crippen LogP contribution is 2.14. The first kappa shape index (κ1) is 65.0. The van der Waals surface area contributed by atoms with Gasteiger partial charge in [-0.3, -0.25) is 9.59 Å². The summed E-state index contributed by atoms with van der Waals surface area (Å²) in [7, 11) is 5.95. The van der Waals surface area contributed by atoms with E-state index in [1.165, 1.54) is 38.5 Å². The van der Waals surface area contributed by atoms with Crippen LogP contribution >= 0.6 is 0 Å². The van der Waals surface area contributed by atoms with E-state index in [-0.39, 0.29) is 38.6 Å². The van der Waals surface area contributed by atoms with E-state index in [1.54, 1.807) is 0 Å². The lowest BCUT2D eigenvalue weighted by molar-refractivity contribution is -0.870. The van der Waals surface area contributed by atoms with Gasteiger partial charge in [-0.25, -0.2) is 4.79 Å². The van der Waals surface area contributed by atoms with Gasteiger partial charge in [0.25, 0.3) is 6.29 Å². The molecule has 9 nitrogen and oxygen atoms in total. The Balaban J connectivity index is 4.36. The number of nitrogens with zero attached hydrogens (tertiary/aromatic N) is 1. The van der Waals surface area contributed by atoms with Crippen molar-refractivity contribution < 1.29 is 42.9 Å². The van der Waals surface area contributed by atoms with Gasteiger partial charge in [0.1, 0.15) is 13.2 Å². The fourth-order valence-electron chi connectivity index (χ4n) is 6.91. The number of unbranched alkanes of at least 4 members (excludes halogenated alkanes) is 15. The van der Waals surface area contributed by atoms with Crippen LogP contribution in [0.1, 0.15) is 194 Å². The van der Waals surface area contributed by atoms with Gasteiger partial charge >= 0.3 is 17.9 Å². The Morgan fingerprint density at radius 1 is 0.435 bits per heavy atom. The fourth-order valence-corrected chi connectivity index (χ4v) is 6.91. The number of allylic oxidation sites excluding steroid dienone is 18. The molecule has 69 heavy (non-hydrogen) atoms. The first-order valence-electron chi connectivity index (χ1n) is 27.1. The standard InChI is InChI=1S/C60H99NO8/c1-6-8-10-12-14-16-18-20-22-24-26-27-28-29-30-31-33-35-37-39-41-43-45-47-49-51-58(63)69-56(55-68-60(59(64)65)66-53-52-61(3,4)5)54-67-57(62)50-48-46-44-42-40-38-36-34-32-25-23-21-19-17-15-13-11-9-7-2/h8-11,14-17,20-23,26-27,29-30,32,34,56,60H,6-7,12-13,18-19,24-25,28,31,33,35-55H2,1-5H3/p+1/b10-8-,11-9-,16-14-,17-15-,22-20-,23-21-,27-26-,30-29-,34-32-. The molecule has 2 atom stereocenters. The van der Waals surface area contributed by atoms with Crippen LogP contribution in [0.3, 0.4) is 0 Å². The summed E-state index contributed by atoms with van der Waals surface area (Å²) in [5.74, 6) is -2.05. The normalized spacial score (nSPS) is 13.7. The molecule has 0 aromatic rings. The Bertz CT molecular complexity index is 1490. The predicted octanol–water partition coefficient (Wildman–Crippen LogP) is 15.6. The molecule has 0 fully saturated rings. The molecule has 0 aliphatic carbocycles. The average Bonchev–Trinajstić information content (AvgIpc) is 3.31. The van der Waals surface area contributed by atoms with Gasteiger partial charge in [0.15, 0.2) is 6.10 Å². The first-order chi connectivity index (χ1) is 33.6. The van der Waals surface area contributed by atoms with Crippen molar-refractivity contribution >= 4 is 17.9 Å². The van der Waals surface area contributed by atoms with Crippen LogP contribution in [-0.2, 0) is 33.3 Å². The molecule has 0 bridgehead atoms. The predicted molar refractivity (Wildman–Crippen MR) is 290 cm³/mol. The zero-order valence-electron chi connectivity index (χ0n) is 44.4. The summed E-state index contributed by atoms with van der Waals surface area (Å²) in [6.07, 6.45) is 65.8. The molecule has 0 heterocycles. The minimum absolute atomic E-state index is 0.178. The number of hydrogen-bond acceptors (Lipinski definition) is 7. The maximum atomic E-state index is 12.9. The molecular weight excluding hydrogens is 863 g/mol. The van der Waals surface area contributed by atoms with Crippen molar-refractivity contribution in [1.82, 2.24) is 0 Å². The number of carboxylic acids is 1. The minimum atomic E-state index is -1.52. The highest BCUT2D eigenvalue weighted by atomic mass is 16.7. The maximum Gasteiger partial charge on any atom is 0.361 e. The van der Waals surface area contributed by atoms with E-state index >= 15 is 0 Å². The molecule has 0 aliphatic rings. The third kappa shape index (κ3) is 51.6. The summed E-state index contributed by atoms with van der Waals surface area (Å²) in [6, 6.07) is 0. The Hall–Kier alpha value is -4.05. The van der Waals surface area contributed by atoms with Gasteiger partial charge in [0.2, 0.25) is 0 Å². The van der Waals surface area contributed by atoms with Crippen molar-refractivity contribution in [2.45, 2.75) is 206 Å². The largest absolute Gasteiger partial charge is 0.477 e. The molecule has 0 rings (SSSR count). The first-order valence-corrected chi connectivity index (χ1v) is 27.1. The topological polar surface area (TPSA) is 108 Å². The van der Waals surface area contributed by atoms with E-state index in [4.69, 9.17) is 18.9 Å². The van der Waals surface area contributed by atoms with Crippen molar-refractivity contribution in [3.8, 4) is 0 Å². The number of ether oxygens (including phenoxy) is 4. The highest BCUT2D eigenvalue weighted by molar-refractivity contribution is 5.71. The molecule has 0 aliphatic heterocycles. The second-order valence-electron chi connectivity index (χ2n) is 18.8. The molecule has 2 unspecified atom stereocenters. The molecule has 0 aromatic heterocycles. The monoisotopic (exact) mass is 963 g/mol. The van der Waals surface area contributed by atoms with Crippen molar-refractivity contribution in [1.29, 1.82) is 0 Å². The highest BCUT2D eigenvalue weighted by Gasteiger charge is 2.25. The molecular formula is C60H100NO8+. The zero-order valence-corrected chi connectivity index (χ0v) is 44.4. The van der Waals surface area contributed by atoms with Gasteiger partial charge in [-0.1, -0.05) is 194 Å². The van der Waals surface area contributed by atoms with Gasteiger partial charge in [0.05, 0.1) is 34.4 Å². The SMILES string of the molecule is CC/C=C\C/C=C\C/C=C\C/C=C\C/C=C\CCCCCCCCCCCC(=O)OC(COC(=O)CCCCCCCC/C=C\C/C=C\C/C=C\C/C=C\CC)COC(OCC[N+](C)(C)C)C(=O)O. The maximum absolute atomic E-state index is 12.9. The summed E-state index contributed by atoms with van der Waals surface area (Å²) >= 11 is 0. The Labute approximate surface area is 422 Å². The van der Waals surface area contributed by atoms with Crippen molar-refractivity contribution in [2.24, 2.45) is 0 Å². The van der Waals surface area contributed by atoms with Crippen LogP contribution in [0.5, 0.6) is 0 Å². The van der Waals surface area contributed by atoms with Gasteiger partial charge in [-0.15, -0.1) is 0 Å². The lowest BCUT2D eigenvalue weighted by Gasteiger charge is -2.25. The Morgan fingerprint density at radius 3 is 1.16 bits per heavy atom. The van der Waals surface area contributed by atoms with Crippen LogP contribution in [0.25, 0.3) is 0 Å². The van der Waals surface area contributed by atoms with Crippen molar-refractivity contribution in [3.63, 3.8) is 0 Å². The second-order valence-corrected chi connectivity index (χ2v) is 18.8. The van der Waals surface area contributed by atoms with Gasteiger partial charge in [-0.2, -0.15) is 0 Å². The number of likely N-dealkylation sites (N-methyl/N-ethyl adjacent to an activating group) is 1. The van der Waals surface area contributed by atoms with Gasteiger partial charge in [-0.05, 0) is 96.3 Å². The number of aliphatic carboxylic acids is 1. The summed E-state index contributed by atoms with van der Waals surface area (Å²) in [6.45, 7) is 4.61. The van der Waals surface area contributed by atoms with Crippen LogP contribution in [0.15, 0.2) is 109 Å². The molecule has 0 spiro atoms. The Kier molecular flexibility index (Phi) is 47.4. The van der Waals surface area contributed by atoms with E-state index in [2.05, 4.69) is 123 Å². The number of carboxylic acid groups (broad SMARTS) is 1. The smallest absolute Gasteiger partial charge is 0.361 e. The molecule has 0 radical (unpaired) electrons. The lowest BCUT2D eigenvalue weighted by Crippen LogP contribution is -2.40. The third-order valence-corrected chi connectivity index (χ3v) is 11.0. The molecule has 0 saturated carbocycles. The van der Waals surface area contributed by atoms with E-state index in [0.717, 1.165) is 122 Å². The molecule has 9 heteroatoms.